The maximum Gasteiger partial charge on any atom is 0.255 e. The Labute approximate surface area is 89.2 Å². The molecular weight excluding hydrogens is 190 g/mol. The molecule has 1 unspecified atom stereocenters. The van der Waals surface area contributed by atoms with Crippen molar-refractivity contribution in [1.82, 2.24) is 10.3 Å². The van der Waals surface area contributed by atoms with Crippen molar-refractivity contribution in [2.45, 2.75) is 19.4 Å². The standard InChI is InChI=1S/C11H15N3O/c1-3-4-8(2)14-11(15)9-7-13-6-5-10(9)12/h3,5-8H,1,4H2,2H3,(H2,12,13)(H,14,15). The van der Waals surface area contributed by atoms with Crippen LogP contribution in [0.15, 0.2) is 31.1 Å². The summed E-state index contributed by atoms with van der Waals surface area (Å²) in [6.07, 6.45) is 5.51. The number of rotatable bonds is 4. The van der Waals surface area contributed by atoms with Gasteiger partial charge < -0.3 is 11.1 Å². The quantitative estimate of drug-likeness (QED) is 0.729. The molecule has 1 rings (SSSR count). The number of anilines is 1. The largest absolute Gasteiger partial charge is 0.398 e. The second kappa shape index (κ2) is 5.14. The van der Waals surface area contributed by atoms with E-state index < -0.39 is 0 Å². The molecule has 0 aliphatic carbocycles. The van der Waals surface area contributed by atoms with Gasteiger partial charge in [0.2, 0.25) is 0 Å². The summed E-state index contributed by atoms with van der Waals surface area (Å²) in [5.74, 6) is -0.199. The van der Waals surface area contributed by atoms with Crippen molar-refractivity contribution >= 4 is 11.6 Å². The minimum Gasteiger partial charge on any atom is -0.398 e. The first kappa shape index (κ1) is 11.2. The number of pyridine rings is 1. The van der Waals surface area contributed by atoms with Crippen LogP contribution < -0.4 is 11.1 Å². The van der Waals surface area contributed by atoms with Crippen LogP contribution in [-0.4, -0.2) is 16.9 Å². The van der Waals surface area contributed by atoms with Crippen LogP contribution in [0.3, 0.4) is 0 Å². The Morgan fingerprint density at radius 2 is 2.53 bits per heavy atom. The number of aromatic nitrogens is 1. The van der Waals surface area contributed by atoms with Crippen LogP contribution in [0, 0.1) is 0 Å². The average molecular weight is 205 g/mol. The summed E-state index contributed by atoms with van der Waals surface area (Å²) in [7, 11) is 0. The molecule has 0 radical (unpaired) electrons. The minimum atomic E-state index is -0.199. The molecule has 3 N–H and O–H groups in total. The number of nitrogens with two attached hydrogens (primary N) is 1. The van der Waals surface area contributed by atoms with Crippen LogP contribution in [0.4, 0.5) is 5.69 Å². The van der Waals surface area contributed by atoms with Crippen molar-refractivity contribution in [3.05, 3.63) is 36.7 Å². The molecule has 1 atom stereocenters. The first-order chi connectivity index (χ1) is 7.15. The van der Waals surface area contributed by atoms with E-state index in [-0.39, 0.29) is 11.9 Å². The van der Waals surface area contributed by atoms with Crippen LogP contribution in [0.1, 0.15) is 23.7 Å². The van der Waals surface area contributed by atoms with Gasteiger partial charge in [-0.2, -0.15) is 0 Å². The van der Waals surface area contributed by atoms with Crippen LogP contribution in [0.2, 0.25) is 0 Å². The second-order valence-electron chi connectivity index (χ2n) is 3.36. The van der Waals surface area contributed by atoms with E-state index in [1.807, 2.05) is 6.92 Å². The molecule has 0 spiro atoms. The van der Waals surface area contributed by atoms with Gasteiger partial charge in [-0.1, -0.05) is 6.08 Å². The molecule has 0 saturated carbocycles. The van der Waals surface area contributed by atoms with E-state index in [1.54, 1.807) is 18.3 Å². The van der Waals surface area contributed by atoms with Crippen LogP contribution in [0.25, 0.3) is 0 Å². The van der Waals surface area contributed by atoms with Crippen LogP contribution in [0.5, 0.6) is 0 Å². The van der Waals surface area contributed by atoms with Gasteiger partial charge in [0, 0.05) is 24.1 Å². The molecule has 4 heteroatoms. The van der Waals surface area contributed by atoms with Gasteiger partial charge in [0.05, 0.1) is 5.56 Å². The molecule has 80 valence electrons. The molecule has 1 heterocycles. The maximum atomic E-state index is 11.7. The third kappa shape index (κ3) is 3.09. The van der Waals surface area contributed by atoms with Gasteiger partial charge in [-0.05, 0) is 19.4 Å². The van der Waals surface area contributed by atoms with Crippen molar-refractivity contribution < 1.29 is 4.79 Å². The zero-order valence-corrected chi connectivity index (χ0v) is 8.73. The molecule has 0 saturated heterocycles. The van der Waals surface area contributed by atoms with Gasteiger partial charge in [-0.25, -0.2) is 0 Å². The molecule has 15 heavy (non-hydrogen) atoms. The third-order valence-electron chi connectivity index (χ3n) is 2.00. The Bertz CT molecular complexity index is 363. The number of carbonyl (C=O) groups is 1. The molecule has 0 aliphatic heterocycles. The Morgan fingerprint density at radius 1 is 1.80 bits per heavy atom. The zero-order valence-electron chi connectivity index (χ0n) is 8.73. The monoisotopic (exact) mass is 205 g/mol. The topological polar surface area (TPSA) is 68.0 Å². The fourth-order valence-electron chi connectivity index (χ4n) is 1.21. The van der Waals surface area contributed by atoms with E-state index in [0.29, 0.717) is 11.3 Å². The predicted molar refractivity (Wildman–Crippen MR) is 60.4 cm³/mol. The first-order valence-electron chi connectivity index (χ1n) is 4.76. The van der Waals surface area contributed by atoms with Crippen LogP contribution >= 0.6 is 0 Å². The van der Waals surface area contributed by atoms with Crippen molar-refractivity contribution in [3.63, 3.8) is 0 Å². The maximum absolute atomic E-state index is 11.7. The summed E-state index contributed by atoms with van der Waals surface area (Å²) < 4.78 is 0. The Hall–Kier alpha value is -1.84. The summed E-state index contributed by atoms with van der Waals surface area (Å²) in [6.45, 7) is 5.52. The fraction of sp³-hybridized carbons (Fsp3) is 0.273. The number of nitrogens with one attached hydrogen (secondary N) is 1. The lowest BCUT2D eigenvalue weighted by Gasteiger charge is -2.12. The third-order valence-corrected chi connectivity index (χ3v) is 2.00. The fourth-order valence-corrected chi connectivity index (χ4v) is 1.21. The lowest BCUT2D eigenvalue weighted by atomic mass is 10.2. The summed E-state index contributed by atoms with van der Waals surface area (Å²) >= 11 is 0. The lowest BCUT2D eigenvalue weighted by Crippen LogP contribution is -2.32. The molecule has 0 bridgehead atoms. The minimum absolute atomic E-state index is 0.0506. The number of hydrogen-bond acceptors (Lipinski definition) is 3. The number of amides is 1. The molecule has 0 aliphatic rings. The van der Waals surface area contributed by atoms with Gasteiger partial charge >= 0.3 is 0 Å². The lowest BCUT2D eigenvalue weighted by molar-refractivity contribution is 0.0941. The van der Waals surface area contributed by atoms with Crippen molar-refractivity contribution in [2.75, 3.05) is 5.73 Å². The zero-order chi connectivity index (χ0) is 11.3. The number of nitrogen functional groups attached to an aromatic ring is 1. The number of nitrogens with zero attached hydrogens (tertiary/aromatic N) is 1. The van der Waals surface area contributed by atoms with Gasteiger partial charge in [0.15, 0.2) is 0 Å². The summed E-state index contributed by atoms with van der Waals surface area (Å²) in [6, 6.07) is 1.65. The molecule has 4 nitrogen and oxygen atoms in total. The summed E-state index contributed by atoms with van der Waals surface area (Å²) in [4.78, 5) is 15.5. The highest BCUT2D eigenvalue weighted by molar-refractivity contribution is 5.98. The molecule has 1 amide bonds. The van der Waals surface area contributed by atoms with Crippen molar-refractivity contribution in [2.24, 2.45) is 0 Å². The first-order valence-corrected chi connectivity index (χ1v) is 4.76. The normalized spacial score (nSPS) is 11.8. The second-order valence-corrected chi connectivity index (χ2v) is 3.36. The molecule has 0 aromatic carbocycles. The van der Waals surface area contributed by atoms with E-state index in [4.69, 9.17) is 5.73 Å². The Kier molecular flexibility index (Phi) is 3.85. The highest BCUT2D eigenvalue weighted by Crippen LogP contribution is 2.08. The number of carbonyl (C=O) groups excluding carboxylic acids is 1. The van der Waals surface area contributed by atoms with Crippen molar-refractivity contribution in [3.8, 4) is 0 Å². The van der Waals surface area contributed by atoms with E-state index in [2.05, 4.69) is 16.9 Å². The van der Waals surface area contributed by atoms with Crippen molar-refractivity contribution in [1.29, 1.82) is 0 Å². The van der Waals surface area contributed by atoms with E-state index in [9.17, 15) is 4.79 Å². The highest BCUT2D eigenvalue weighted by atomic mass is 16.1. The summed E-state index contributed by atoms with van der Waals surface area (Å²) in [5.41, 5.74) is 6.50. The SMILES string of the molecule is C=CCC(C)NC(=O)c1cnccc1N. The Balaban J connectivity index is 2.69. The predicted octanol–water partition coefficient (Wildman–Crippen LogP) is 1.36. The summed E-state index contributed by atoms with van der Waals surface area (Å²) in [5, 5.41) is 2.81. The smallest absolute Gasteiger partial charge is 0.255 e. The molecular formula is C11H15N3O. The van der Waals surface area contributed by atoms with Gasteiger partial charge in [-0.15, -0.1) is 6.58 Å². The van der Waals surface area contributed by atoms with Gasteiger partial charge in [-0.3, -0.25) is 9.78 Å². The molecule has 0 fully saturated rings. The average Bonchev–Trinajstić information content (AvgIpc) is 2.18. The molecule has 1 aromatic heterocycles. The number of hydrogen-bond donors (Lipinski definition) is 2. The molecule has 1 aromatic rings. The van der Waals surface area contributed by atoms with Gasteiger partial charge in [0.1, 0.15) is 0 Å². The van der Waals surface area contributed by atoms with Gasteiger partial charge in [0.25, 0.3) is 5.91 Å². The van der Waals surface area contributed by atoms with Crippen LogP contribution in [-0.2, 0) is 0 Å². The van der Waals surface area contributed by atoms with E-state index in [1.165, 1.54) is 6.20 Å². The van der Waals surface area contributed by atoms with E-state index >= 15 is 0 Å². The Morgan fingerprint density at radius 3 is 3.13 bits per heavy atom. The van der Waals surface area contributed by atoms with E-state index in [0.717, 1.165) is 6.42 Å². The highest BCUT2D eigenvalue weighted by Gasteiger charge is 2.11.